The van der Waals surface area contributed by atoms with E-state index in [4.69, 9.17) is 0 Å². The Bertz CT molecular complexity index is 597. The minimum atomic E-state index is -2.91. The minimum absolute atomic E-state index is 0.110. The van der Waals surface area contributed by atoms with Crippen LogP contribution in [0.3, 0.4) is 0 Å². The molecule has 2 aliphatic rings. The van der Waals surface area contributed by atoms with E-state index in [1.165, 1.54) is 11.1 Å². The summed E-state index contributed by atoms with van der Waals surface area (Å²) in [5, 5.41) is 3.28. The number of sulfone groups is 1. The molecule has 21 heavy (non-hydrogen) atoms. The van der Waals surface area contributed by atoms with Crippen molar-refractivity contribution in [3.8, 4) is 0 Å². The van der Waals surface area contributed by atoms with Crippen LogP contribution in [0, 0.1) is 0 Å². The predicted molar refractivity (Wildman–Crippen MR) is 86.4 cm³/mol. The van der Waals surface area contributed by atoms with Crippen LogP contribution in [-0.4, -0.2) is 32.0 Å². The van der Waals surface area contributed by atoms with Gasteiger partial charge in [-0.15, -0.1) is 0 Å². The lowest BCUT2D eigenvalue weighted by Crippen LogP contribution is -2.48. The molecule has 3 atom stereocenters. The van der Waals surface area contributed by atoms with E-state index in [-0.39, 0.29) is 11.3 Å². The lowest BCUT2D eigenvalue weighted by molar-refractivity contribution is 0.383. The first-order chi connectivity index (χ1) is 10.1. The number of hydrogen-bond acceptors (Lipinski definition) is 3. The van der Waals surface area contributed by atoms with Crippen molar-refractivity contribution < 1.29 is 8.42 Å². The van der Waals surface area contributed by atoms with Gasteiger partial charge in [0.25, 0.3) is 0 Å². The summed E-state index contributed by atoms with van der Waals surface area (Å²) in [4.78, 5) is 0. The fraction of sp³-hybridized carbons (Fsp3) is 0.647. The molecule has 1 aliphatic carbocycles. The average molecular weight is 307 g/mol. The molecule has 0 amide bonds. The Morgan fingerprint density at radius 3 is 2.81 bits per heavy atom. The zero-order valence-electron chi connectivity index (χ0n) is 12.7. The Morgan fingerprint density at radius 1 is 1.29 bits per heavy atom. The maximum Gasteiger partial charge on any atom is 0.154 e. The molecule has 1 heterocycles. The van der Waals surface area contributed by atoms with Crippen LogP contribution in [-0.2, 0) is 16.3 Å². The lowest BCUT2D eigenvalue weighted by atomic mass is 9.74. The molecule has 1 aromatic carbocycles. The van der Waals surface area contributed by atoms with E-state index in [0.29, 0.717) is 11.7 Å². The van der Waals surface area contributed by atoms with Crippen LogP contribution in [0.4, 0.5) is 0 Å². The van der Waals surface area contributed by atoms with Gasteiger partial charge in [0.15, 0.2) is 9.84 Å². The summed E-state index contributed by atoms with van der Waals surface area (Å²) in [7, 11) is -2.91. The number of fused-ring (bicyclic) bond motifs is 1. The number of hydrogen-bond donors (Lipinski definition) is 1. The van der Waals surface area contributed by atoms with Gasteiger partial charge in [0, 0.05) is 6.04 Å². The molecular formula is C17H25NO2S. The van der Waals surface area contributed by atoms with Crippen LogP contribution in [0.25, 0.3) is 0 Å². The standard InChI is InChI=1S/C17H25NO2S/c1-2-18-16(17-9-5-6-10-21(17,19)20)12-14-11-13-7-3-4-8-15(13)14/h3-4,7-8,14,16-18H,2,5-6,9-12H2,1H3. The fourth-order valence-electron chi connectivity index (χ4n) is 3.94. The topological polar surface area (TPSA) is 46.2 Å². The highest BCUT2D eigenvalue weighted by Gasteiger charge is 2.38. The Hall–Kier alpha value is -0.870. The largest absolute Gasteiger partial charge is 0.313 e. The first-order valence-corrected chi connectivity index (χ1v) is 9.86. The van der Waals surface area contributed by atoms with Gasteiger partial charge >= 0.3 is 0 Å². The van der Waals surface area contributed by atoms with Crippen molar-refractivity contribution in [3.05, 3.63) is 35.4 Å². The van der Waals surface area contributed by atoms with Gasteiger partial charge in [-0.1, -0.05) is 37.6 Å². The number of rotatable bonds is 5. The van der Waals surface area contributed by atoms with Crippen molar-refractivity contribution in [3.63, 3.8) is 0 Å². The maximum absolute atomic E-state index is 12.4. The predicted octanol–water partition coefficient (Wildman–Crippen LogP) is 2.66. The van der Waals surface area contributed by atoms with Gasteiger partial charge in [-0.2, -0.15) is 0 Å². The second-order valence-electron chi connectivity index (χ2n) is 6.40. The van der Waals surface area contributed by atoms with Crippen molar-refractivity contribution >= 4 is 9.84 Å². The van der Waals surface area contributed by atoms with Crippen molar-refractivity contribution in [2.24, 2.45) is 0 Å². The Kier molecular flexibility index (Phi) is 4.36. The zero-order valence-corrected chi connectivity index (χ0v) is 13.5. The average Bonchev–Trinajstić information content (AvgIpc) is 2.43. The van der Waals surface area contributed by atoms with Crippen LogP contribution in [0.5, 0.6) is 0 Å². The Balaban J connectivity index is 1.74. The fourth-order valence-corrected chi connectivity index (χ4v) is 6.08. The van der Waals surface area contributed by atoms with Gasteiger partial charge in [-0.3, -0.25) is 0 Å². The van der Waals surface area contributed by atoms with Gasteiger partial charge < -0.3 is 5.32 Å². The normalized spacial score (nSPS) is 28.4. The van der Waals surface area contributed by atoms with Crippen molar-refractivity contribution in [2.45, 2.75) is 56.2 Å². The second-order valence-corrected chi connectivity index (χ2v) is 8.74. The molecule has 1 aromatic rings. The van der Waals surface area contributed by atoms with Gasteiger partial charge in [-0.05, 0) is 49.3 Å². The zero-order chi connectivity index (χ0) is 14.9. The third-order valence-corrected chi connectivity index (χ3v) is 7.39. The molecule has 0 aromatic heterocycles. The number of nitrogens with one attached hydrogen (secondary N) is 1. The Morgan fingerprint density at radius 2 is 2.10 bits per heavy atom. The van der Waals surface area contributed by atoms with Crippen LogP contribution in [0.15, 0.2) is 24.3 Å². The van der Waals surface area contributed by atoms with E-state index in [1.54, 1.807) is 0 Å². The lowest BCUT2D eigenvalue weighted by Gasteiger charge is -2.37. The van der Waals surface area contributed by atoms with Crippen LogP contribution >= 0.6 is 0 Å². The number of benzene rings is 1. The highest BCUT2D eigenvalue weighted by molar-refractivity contribution is 7.92. The van der Waals surface area contributed by atoms with E-state index in [0.717, 1.165) is 38.6 Å². The summed E-state index contributed by atoms with van der Waals surface area (Å²) >= 11 is 0. The van der Waals surface area contributed by atoms with Gasteiger partial charge in [0.05, 0.1) is 11.0 Å². The molecule has 3 rings (SSSR count). The minimum Gasteiger partial charge on any atom is -0.313 e. The maximum atomic E-state index is 12.4. The Labute approximate surface area is 128 Å². The SMILES string of the molecule is CCNC(CC1Cc2ccccc21)C1CCCCS1(=O)=O. The van der Waals surface area contributed by atoms with E-state index in [1.807, 2.05) is 0 Å². The monoisotopic (exact) mass is 307 g/mol. The summed E-state index contributed by atoms with van der Waals surface area (Å²) in [5.41, 5.74) is 2.86. The molecule has 116 valence electrons. The summed E-state index contributed by atoms with van der Waals surface area (Å²) in [6.45, 7) is 2.90. The highest BCUT2D eigenvalue weighted by Crippen LogP contribution is 2.39. The quantitative estimate of drug-likeness (QED) is 0.909. The second kappa shape index (κ2) is 6.09. The molecular weight excluding hydrogens is 282 g/mol. The molecule has 1 N–H and O–H groups in total. The molecule has 1 saturated heterocycles. The molecule has 0 bridgehead atoms. The molecule has 3 unspecified atom stereocenters. The van der Waals surface area contributed by atoms with E-state index < -0.39 is 9.84 Å². The van der Waals surface area contributed by atoms with Gasteiger partial charge in [0.1, 0.15) is 0 Å². The first-order valence-electron chi connectivity index (χ1n) is 8.14. The summed E-state index contributed by atoms with van der Waals surface area (Å²) in [5.74, 6) is 0.906. The molecule has 3 nitrogen and oxygen atoms in total. The van der Waals surface area contributed by atoms with E-state index in [9.17, 15) is 8.42 Å². The van der Waals surface area contributed by atoms with Crippen LogP contribution in [0.2, 0.25) is 0 Å². The molecule has 0 saturated carbocycles. The summed E-state index contributed by atoms with van der Waals surface area (Å²) < 4.78 is 24.8. The molecule has 0 radical (unpaired) electrons. The van der Waals surface area contributed by atoms with Crippen LogP contribution in [0.1, 0.15) is 49.7 Å². The molecule has 4 heteroatoms. The molecule has 1 fully saturated rings. The van der Waals surface area contributed by atoms with Gasteiger partial charge in [0.2, 0.25) is 0 Å². The van der Waals surface area contributed by atoms with Crippen molar-refractivity contribution in [1.82, 2.24) is 5.32 Å². The summed E-state index contributed by atoms with van der Waals surface area (Å²) in [6.07, 6.45) is 4.77. The third-order valence-electron chi connectivity index (χ3n) is 5.04. The van der Waals surface area contributed by atoms with Crippen molar-refractivity contribution in [1.29, 1.82) is 0 Å². The molecule has 0 spiro atoms. The molecule has 1 aliphatic heterocycles. The van der Waals surface area contributed by atoms with Crippen LogP contribution < -0.4 is 5.32 Å². The highest BCUT2D eigenvalue weighted by atomic mass is 32.2. The summed E-state index contributed by atoms with van der Waals surface area (Å²) in [6, 6.07) is 8.67. The van der Waals surface area contributed by atoms with Gasteiger partial charge in [-0.25, -0.2) is 8.42 Å². The van der Waals surface area contributed by atoms with E-state index in [2.05, 4.69) is 36.5 Å². The van der Waals surface area contributed by atoms with E-state index >= 15 is 0 Å². The first kappa shape index (κ1) is 15.0. The van der Waals surface area contributed by atoms with Crippen molar-refractivity contribution in [2.75, 3.05) is 12.3 Å². The smallest absolute Gasteiger partial charge is 0.154 e. The third kappa shape index (κ3) is 3.02.